The van der Waals surface area contributed by atoms with Crippen LogP contribution in [-0.2, 0) is 7.05 Å². The van der Waals surface area contributed by atoms with E-state index in [-0.39, 0.29) is 5.95 Å². The van der Waals surface area contributed by atoms with Gasteiger partial charge in [0.1, 0.15) is 0 Å². The van der Waals surface area contributed by atoms with Gasteiger partial charge in [-0.3, -0.25) is 0 Å². The van der Waals surface area contributed by atoms with Crippen molar-refractivity contribution in [3.05, 3.63) is 12.4 Å². The lowest BCUT2D eigenvalue weighted by Crippen LogP contribution is -2.22. The van der Waals surface area contributed by atoms with E-state index >= 15 is 0 Å². The highest BCUT2D eigenvalue weighted by molar-refractivity contribution is 5.50. The lowest BCUT2D eigenvalue weighted by atomic mass is 10.4. The first-order valence-corrected chi connectivity index (χ1v) is 5.98. The van der Waals surface area contributed by atoms with E-state index in [0.717, 1.165) is 13.1 Å². The molecule has 7 heteroatoms. The number of imidazole rings is 1. The molecule has 1 aliphatic rings. The quantitative estimate of drug-likeness (QED) is 0.827. The average Bonchev–Trinajstić information content (AvgIpc) is 2.98. The first kappa shape index (κ1) is 10.9. The summed E-state index contributed by atoms with van der Waals surface area (Å²) in [6.07, 6.45) is 5.91. The normalized spacial score (nSPS) is 15.3. The van der Waals surface area contributed by atoms with Gasteiger partial charge in [-0.2, -0.15) is 15.0 Å². The molecule has 2 aromatic rings. The second-order valence-electron chi connectivity index (χ2n) is 4.37. The first-order chi connectivity index (χ1) is 8.74. The Labute approximate surface area is 105 Å². The summed E-state index contributed by atoms with van der Waals surface area (Å²) in [7, 11) is 1.90. The summed E-state index contributed by atoms with van der Waals surface area (Å²) in [6.45, 7) is 1.95. The molecule has 3 heterocycles. The lowest BCUT2D eigenvalue weighted by Gasteiger charge is -2.15. The van der Waals surface area contributed by atoms with Crippen molar-refractivity contribution >= 4 is 11.9 Å². The molecule has 2 N–H and O–H groups in total. The van der Waals surface area contributed by atoms with Crippen LogP contribution in [0.1, 0.15) is 12.8 Å². The van der Waals surface area contributed by atoms with Gasteiger partial charge in [0, 0.05) is 32.5 Å². The zero-order valence-electron chi connectivity index (χ0n) is 10.2. The van der Waals surface area contributed by atoms with Crippen LogP contribution in [0.25, 0.3) is 11.6 Å². The van der Waals surface area contributed by atoms with E-state index in [0.29, 0.717) is 17.6 Å². The molecule has 0 bridgehead atoms. The van der Waals surface area contributed by atoms with Crippen LogP contribution in [-0.4, -0.2) is 37.6 Å². The van der Waals surface area contributed by atoms with Gasteiger partial charge in [-0.25, -0.2) is 4.98 Å². The number of rotatable bonds is 2. The third kappa shape index (κ3) is 1.87. The number of nitrogen functional groups attached to an aromatic ring is 1. The number of anilines is 2. The minimum Gasteiger partial charge on any atom is -0.368 e. The minimum absolute atomic E-state index is 0.241. The van der Waals surface area contributed by atoms with E-state index < -0.39 is 0 Å². The molecule has 18 heavy (non-hydrogen) atoms. The van der Waals surface area contributed by atoms with Gasteiger partial charge in [-0.15, -0.1) is 0 Å². The second-order valence-corrected chi connectivity index (χ2v) is 4.37. The Balaban J connectivity index is 2.03. The standard InChI is InChI=1S/C11H15N7/c1-17-7-4-13-9(17)8-14-10(12)16-11(15-8)18-5-2-3-6-18/h4,7H,2-3,5-6H2,1H3,(H2,12,14,15,16). The molecule has 94 valence electrons. The topological polar surface area (TPSA) is 85.8 Å². The zero-order valence-corrected chi connectivity index (χ0v) is 10.2. The maximum atomic E-state index is 5.76. The number of aromatic nitrogens is 5. The summed E-state index contributed by atoms with van der Waals surface area (Å²) in [5.41, 5.74) is 5.76. The summed E-state index contributed by atoms with van der Waals surface area (Å²) in [6, 6.07) is 0. The van der Waals surface area contributed by atoms with Crippen molar-refractivity contribution in [2.45, 2.75) is 12.8 Å². The fourth-order valence-electron chi connectivity index (χ4n) is 2.12. The van der Waals surface area contributed by atoms with Crippen LogP contribution in [0.5, 0.6) is 0 Å². The highest BCUT2D eigenvalue weighted by Gasteiger charge is 2.18. The minimum atomic E-state index is 0.241. The van der Waals surface area contributed by atoms with E-state index in [2.05, 4.69) is 24.8 Å². The van der Waals surface area contributed by atoms with E-state index in [4.69, 9.17) is 5.73 Å². The summed E-state index contributed by atoms with van der Waals surface area (Å²) >= 11 is 0. The Morgan fingerprint density at radius 2 is 1.94 bits per heavy atom. The largest absolute Gasteiger partial charge is 0.368 e. The zero-order chi connectivity index (χ0) is 12.5. The van der Waals surface area contributed by atoms with Gasteiger partial charge in [0.05, 0.1) is 0 Å². The van der Waals surface area contributed by atoms with Crippen LogP contribution in [0.4, 0.5) is 11.9 Å². The fraction of sp³-hybridized carbons (Fsp3) is 0.455. The number of nitrogens with two attached hydrogens (primary N) is 1. The van der Waals surface area contributed by atoms with Crippen molar-refractivity contribution in [1.29, 1.82) is 0 Å². The van der Waals surface area contributed by atoms with Gasteiger partial charge in [0.25, 0.3) is 0 Å². The summed E-state index contributed by atoms with van der Waals surface area (Å²) in [4.78, 5) is 19.2. The molecule has 0 atom stereocenters. The van der Waals surface area contributed by atoms with Gasteiger partial charge in [0.15, 0.2) is 5.82 Å². The van der Waals surface area contributed by atoms with Crippen molar-refractivity contribution in [3.63, 3.8) is 0 Å². The van der Waals surface area contributed by atoms with Gasteiger partial charge in [-0.05, 0) is 12.8 Å². The Morgan fingerprint density at radius 3 is 2.61 bits per heavy atom. The maximum Gasteiger partial charge on any atom is 0.230 e. The third-order valence-electron chi connectivity index (χ3n) is 3.05. The van der Waals surface area contributed by atoms with Gasteiger partial charge in [0.2, 0.25) is 17.7 Å². The SMILES string of the molecule is Cn1ccnc1-c1nc(N)nc(N2CCCC2)n1. The van der Waals surface area contributed by atoms with Crippen LogP contribution in [0.15, 0.2) is 12.4 Å². The Morgan fingerprint density at radius 1 is 1.17 bits per heavy atom. The van der Waals surface area contributed by atoms with E-state index in [9.17, 15) is 0 Å². The molecule has 7 nitrogen and oxygen atoms in total. The monoisotopic (exact) mass is 245 g/mol. The molecule has 0 saturated carbocycles. The molecule has 0 radical (unpaired) electrons. The van der Waals surface area contributed by atoms with Gasteiger partial charge >= 0.3 is 0 Å². The fourth-order valence-corrected chi connectivity index (χ4v) is 2.12. The number of hydrogen-bond acceptors (Lipinski definition) is 6. The van der Waals surface area contributed by atoms with Crippen LogP contribution in [0.3, 0.4) is 0 Å². The summed E-state index contributed by atoms with van der Waals surface area (Å²) in [5.74, 6) is 2.12. The van der Waals surface area contributed by atoms with Crippen LogP contribution in [0.2, 0.25) is 0 Å². The molecule has 0 aromatic carbocycles. The van der Waals surface area contributed by atoms with Crippen LogP contribution in [0, 0.1) is 0 Å². The highest BCUT2D eigenvalue weighted by Crippen LogP contribution is 2.19. The van der Waals surface area contributed by atoms with Crippen LogP contribution < -0.4 is 10.6 Å². The van der Waals surface area contributed by atoms with E-state index in [1.54, 1.807) is 6.20 Å². The number of nitrogens with zero attached hydrogens (tertiary/aromatic N) is 6. The van der Waals surface area contributed by atoms with Crippen molar-refractivity contribution in [3.8, 4) is 11.6 Å². The predicted molar refractivity (Wildman–Crippen MR) is 67.9 cm³/mol. The first-order valence-electron chi connectivity index (χ1n) is 5.98. The Bertz CT molecular complexity index is 556. The van der Waals surface area contributed by atoms with Crippen molar-refractivity contribution in [2.75, 3.05) is 23.7 Å². The van der Waals surface area contributed by atoms with Gasteiger partial charge < -0.3 is 15.2 Å². The van der Waals surface area contributed by atoms with Crippen molar-refractivity contribution < 1.29 is 0 Å². The molecule has 0 aliphatic carbocycles. The Hall–Kier alpha value is -2.18. The summed E-state index contributed by atoms with van der Waals surface area (Å²) < 4.78 is 1.86. The molecule has 1 fully saturated rings. The smallest absolute Gasteiger partial charge is 0.230 e. The van der Waals surface area contributed by atoms with Gasteiger partial charge in [-0.1, -0.05) is 0 Å². The highest BCUT2D eigenvalue weighted by atomic mass is 15.3. The number of hydrogen-bond donors (Lipinski definition) is 1. The second kappa shape index (κ2) is 4.25. The third-order valence-corrected chi connectivity index (χ3v) is 3.05. The van der Waals surface area contributed by atoms with Crippen molar-refractivity contribution in [2.24, 2.45) is 7.05 Å². The van der Waals surface area contributed by atoms with Crippen molar-refractivity contribution in [1.82, 2.24) is 24.5 Å². The van der Waals surface area contributed by atoms with E-state index in [1.165, 1.54) is 12.8 Å². The molecule has 2 aromatic heterocycles. The lowest BCUT2D eigenvalue weighted by molar-refractivity contribution is 0.865. The maximum absolute atomic E-state index is 5.76. The Kier molecular flexibility index (Phi) is 2.58. The average molecular weight is 245 g/mol. The molecular formula is C11H15N7. The molecular weight excluding hydrogens is 230 g/mol. The number of aryl methyl sites for hydroxylation is 1. The summed E-state index contributed by atoms with van der Waals surface area (Å²) in [5, 5.41) is 0. The molecule has 1 saturated heterocycles. The molecule has 0 spiro atoms. The molecule has 0 unspecified atom stereocenters. The molecule has 1 aliphatic heterocycles. The van der Waals surface area contributed by atoms with E-state index in [1.807, 2.05) is 17.8 Å². The molecule has 3 rings (SSSR count). The van der Waals surface area contributed by atoms with Crippen LogP contribution >= 0.6 is 0 Å². The molecule has 0 amide bonds. The predicted octanol–water partition coefficient (Wildman–Crippen LogP) is 0.454.